The summed E-state index contributed by atoms with van der Waals surface area (Å²) >= 11 is 6.24. The number of piperazine rings is 1. The Morgan fingerprint density at radius 3 is 2.64 bits per heavy atom. The number of hydrogen-bond acceptors (Lipinski definition) is 3. The van der Waals surface area contributed by atoms with Crippen LogP contribution in [-0.2, 0) is 0 Å². The number of hydrogen-bond donors (Lipinski definition) is 1. The summed E-state index contributed by atoms with van der Waals surface area (Å²) in [4.78, 5) is 11.7. The standard InChI is InChI=1S/C22H35ClN4O/c1-17-5-4-6-20(21(17)23)27-15-13-26(14-16-27)12-11-18-7-9-19(10-8-18)24-22(28)25(2)3/h4-6,18-19H,7-16H2,1-3H3,(H,24,28)/t18-,19-/i4D,5D,6D,7D2,8D2,9D2,10D2,11D2,12D2,13D2,14D2,15D2,16D2,18D,19D. The fraction of sp³-hybridized carbons (Fsp3) is 0.682. The van der Waals surface area contributed by atoms with Crippen molar-refractivity contribution < 1.29 is 39.1 Å². The van der Waals surface area contributed by atoms with Crippen LogP contribution in [0.4, 0.5) is 10.5 Å². The molecule has 1 saturated carbocycles. The van der Waals surface area contributed by atoms with E-state index < -0.39 is 121 Å². The number of anilines is 1. The van der Waals surface area contributed by atoms with Crippen LogP contribution in [-0.4, -0.2) is 68.4 Å². The Kier molecular flexibility index (Phi) is 2.12. The van der Waals surface area contributed by atoms with E-state index in [9.17, 15) is 4.79 Å². The number of urea groups is 1. The summed E-state index contributed by atoms with van der Waals surface area (Å²) in [7, 11) is 2.04. The molecule has 2 aliphatic rings. The van der Waals surface area contributed by atoms with Crippen LogP contribution in [0.15, 0.2) is 18.1 Å². The zero-order valence-electron chi connectivity index (χ0n) is 40.1. The fourth-order valence-electron chi connectivity index (χ4n) is 1.82. The lowest BCUT2D eigenvalue weighted by atomic mass is 9.84. The molecule has 1 aliphatic carbocycles. The van der Waals surface area contributed by atoms with Crippen molar-refractivity contribution in [2.24, 2.45) is 5.89 Å². The number of carbonyl (C=O) groups excluding carboxylic acids is 1. The van der Waals surface area contributed by atoms with Gasteiger partial charge in [0.25, 0.3) is 0 Å². The summed E-state index contributed by atoms with van der Waals surface area (Å²) in [5.74, 6) is -4.90. The molecule has 2 fully saturated rings. The maximum absolute atomic E-state index is 12.6. The van der Waals surface area contributed by atoms with E-state index in [0.717, 1.165) is 21.0 Å². The summed E-state index contributed by atoms with van der Waals surface area (Å²) in [6.45, 7) is -21.2. The second-order valence-electron chi connectivity index (χ2n) is 5.59. The molecule has 3 rings (SSSR count). The number of nitrogens with one attached hydrogen (secondary N) is 1. The van der Waals surface area contributed by atoms with E-state index in [1.54, 1.807) is 0 Å². The Hall–Kier alpha value is -1.46. The van der Waals surface area contributed by atoms with Crippen molar-refractivity contribution in [1.29, 1.82) is 0 Å². The lowest BCUT2D eigenvalue weighted by molar-refractivity contribution is 0.194. The minimum Gasteiger partial charge on any atom is -0.368 e. The van der Waals surface area contributed by atoms with Crippen LogP contribution in [0.3, 0.4) is 0 Å². The maximum atomic E-state index is 12.6. The minimum absolute atomic E-state index is 0.377. The van der Waals surface area contributed by atoms with Crippen molar-refractivity contribution in [3.8, 4) is 0 Å². The molecule has 2 amide bonds. The summed E-state index contributed by atoms with van der Waals surface area (Å²) in [6, 6.07) is -8.48. The van der Waals surface area contributed by atoms with E-state index >= 15 is 0 Å². The molecule has 0 aromatic heterocycles. The highest BCUT2D eigenvalue weighted by atomic mass is 35.5. The number of amides is 2. The number of benzene rings is 1. The van der Waals surface area contributed by atoms with E-state index in [-0.39, 0.29) is 5.56 Å². The zero-order valence-corrected chi connectivity index (χ0v) is 15.9. The van der Waals surface area contributed by atoms with Gasteiger partial charge in [-0.05, 0) is 62.8 Å². The molecule has 1 aliphatic heterocycles. The molecule has 1 N–H and O–H groups in total. The monoisotopic (exact) mass is 431 g/mol. The molecule has 0 atom stereocenters. The van der Waals surface area contributed by atoms with Gasteiger partial charge in [-0.25, -0.2) is 4.79 Å². The van der Waals surface area contributed by atoms with E-state index in [1.807, 2.05) is 0 Å². The van der Waals surface area contributed by atoms with Gasteiger partial charge >= 0.3 is 6.03 Å². The largest absolute Gasteiger partial charge is 0.368 e. The molecule has 1 aromatic carbocycles. The molecule has 0 bridgehead atoms. The summed E-state index contributed by atoms with van der Waals surface area (Å²) in [6.07, 6.45) is -23.2. The Bertz CT molecular complexity index is 1610. The van der Waals surface area contributed by atoms with Gasteiger partial charge in [0.05, 0.1) is 21.7 Å². The summed E-state index contributed by atoms with van der Waals surface area (Å²) in [5, 5.41) is 0.671. The highest BCUT2D eigenvalue weighted by Crippen LogP contribution is 2.30. The van der Waals surface area contributed by atoms with Gasteiger partial charge < -0.3 is 15.1 Å². The van der Waals surface area contributed by atoms with E-state index in [0.29, 0.717) is 4.90 Å². The Morgan fingerprint density at radius 1 is 1.32 bits per heavy atom. The van der Waals surface area contributed by atoms with Gasteiger partial charge in [0, 0.05) is 69.4 Å². The molecular formula is C22H35ClN4O. The maximum Gasteiger partial charge on any atom is 0.317 e. The molecule has 1 heterocycles. The minimum atomic E-state index is -4.99. The Morgan fingerprint density at radius 2 is 2.00 bits per heavy atom. The van der Waals surface area contributed by atoms with Crippen molar-refractivity contribution in [2.45, 2.75) is 44.8 Å². The average molecular weight is 432 g/mol. The third-order valence-electron chi connectivity index (χ3n) is 3.29. The SMILES string of the molecule is [2H]c1c([2H])c(C)c(Cl)c(N2C([2H])([2H])C([2H])([2H])N(C([2H])([2H])C([2H])([2H])[C@]3([2H])C([2H])([2H])C([2H])([2H])[C@@]([2H])(NC(=O)N(C)C)C([2H])([2H])C3([2H])[2H])C([2H])([2H])C2([2H])[2H])c1[2H]. The first kappa shape index (κ1) is 6.04. The Labute approximate surface area is 210 Å². The van der Waals surface area contributed by atoms with Crippen molar-refractivity contribution in [3.05, 3.63) is 28.7 Å². The van der Waals surface area contributed by atoms with Crippen molar-refractivity contribution in [2.75, 3.05) is 51.5 Å². The number of rotatable bonds is 5. The molecule has 1 saturated heterocycles. The molecule has 28 heavy (non-hydrogen) atoms. The number of nitrogens with zero attached hydrogens (tertiary/aromatic N) is 3. The number of halogens is 1. The Balaban J connectivity index is 2.47. The van der Waals surface area contributed by atoms with Crippen LogP contribution in [0.2, 0.25) is 5.02 Å². The van der Waals surface area contributed by atoms with Gasteiger partial charge in [0.1, 0.15) is 0 Å². The van der Waals surface area contributed by atoms with Crippen molar-refractivity contribution >= 4 is 23.3 Å². The first-order chi connectivity index (χ1) is 23.0. The second-order valence-corrected chi connectivity index (χ2v) is 5.97. The number of carbonyl (C=O) groups is 1. The summed E-state index contributed by atoms with van der Waals surface area (Å²) in [5.41, 5.74) is -1.57. The lowest BCUT2D eigenvalue weighted by Crippen LogP contribution is -2.47. The van der Waals surface area contributed by atoms with E-state index in [2.05, 4.69) is 0 Å². The molecule has 0 spiro atoms. The molecule has 6 heteroatoms. The van der Waals surface area contributed by atoms with Gasteiger partial charge in [-0.2, -0.15) is 0 Å². The molecular weight excluding hydrogens is 372 g/mol. The first-order valence-corrected chi connectivity index (χ1v) is 8.23. The first-order valence-electron chi connectivity index (χ1n) is 20.4. The molecule has 1 aromatic rings. The van der Waals surface area contributed by atoms with Crippen LogP contribution in [0.1, 0.15) is 71.7 Å². The molecule has 156 valence electrons. The predicted molar refractivity (Wildman–Crippen MR) is 117 cm³/mol. The quantitative estimate of drug-likeness (QED) is 0.765. The third-order valence-corrected chi connectivity index (χ3v) is 3.76. The average Bonchev–Trinajstić information content (AvgIpc) is 2.97. The zero-order chi connectivity index (χ0) is 42.5. The van der Waals surface area contributed by atoms with Crippen LogP contribution >= 0.6 is 11.6 Å². The van der Waals surface area contributed by atoms with Crippen LogP contribution in [0, 0.1) is 12.8 Å². The van der Waals surface area contributed by atoms with Crippen molar-refractivity contribution in [3.63, 3.8) is 0 Å². The highest BCUT2D eigenvalue weighted by Gasteiger charge is 2.24. The van der Waals surface area contributed by atoms with Gasteiger partial charge in [0.2, 0.25) is 0 Å². The van der Waals surface area contributed by atoms with Crippen LogP contribution in [0.25, 0.3) is 0 Å². The topological polar surface area (TPSA) is 38.8 Å². The smallest absolute Gasteiger partial charge is 0.317 e. The fourth-order valence-corrected chi connectivity index (χ4v) is 2.00. The predicted octanol–water partition coefficient (Wildman–Crippen LogP) is 3.99. The van der Waals surface area contributed by atoms with Gasteiger partial charge in [-0.3, -0.25) is 4.90 Å². The van der Waals surface area contributed by atoms with Gasteiger partial charge in [-0.1, -0.05) is 23.7 Å². The molecule has 0 radical (unpaired) electrons. The second kappa shape index (κ2) is 9.84. The molecule has 5 nitrogen and oxygen atoms in total. The molecule has 0 unspecified atom stereocenters. The van der Waals surface area contributed by atoms with E-state index in [4.69, 9.17) is 45.9 Å². The van der Waals surface area contributed by atoms with Crippen LogP contribution < -0.4 is 10.2 Å². The van der Waals surface area contributed by atoms with Crippen molar-refractivity contribution in [1.82, 2.24) is 15.1 Å². The third kappa shape index (κ3) is 5.54. The lowest BCUT2D eigenvalue weighted by Gasteiger charge is -2.37. The van der Waals surface area contributed by atoms with E-state index in [1.165, 1.54) is 5.32 Å². The van der Waals surface area contributed by atoms with Gasteiger partial charge in [-0.15, -0.1) is 0 Å². The summed E-state index contributed by atoms with van der Waals surface area (Å²) < 4.78 is 216. The normalized spacial score (nSPS) is 57.3. The highest BCUT2D eigenvalue weighted by molar-refractivity contribution is 6.34. The van der Waals surface area contributed by atoms with Gasteiger partial charge in [0.15, 0.2) is 0 Å². The van der Waals surface area contributed by atoms with Crippen LogP contribution in [0.5, 0.6) is 0 Å².